The zero-order chi connectivity index (χ0) is 17.2. The first-order valence-electron chi connectivity index (χ1n) is 7.77. The molecule has 1 aromatic carbocycles. The lowest BCUT2D eigenvalue weighted by Crippen LogP contribution is -2.36. The molecule has 0 aliphatic carbocycles. The van der Waals surface area contributed by atoms with E-state index in [0.29, 0.717) is 42.3 Å². The van der Waals surface area contributed by atoms with Gasteiger partial charge in [0, 0.05) is 25.2 Å². The number of hydrogen-bond donors (Lipinski definition) is 1. The van der Waals surface area contributed by atoms with E-state index in [0.717, 1.165) is 0 Å². The lowest BCUT2D eigenvalue weighted by atomic mass is 9.92. The van der Waals surface area contributed by atoms with Crippen molar-refractivity contribution in [3.63, 3.8) is 0 Å². The number of ketones is 1. The van der Waals surface area contributed by atoms with Crippen LogP contribution in [0.25, 0.3) is 0 Å². The maximum absolute atomic E-state index is 12.4. The van der Waals surface area contributed by atoms with E-state index in [4.69, 9.17) is 19.6 Å². The molecular weight excluding hydrogens is 296 g/mol. The van der Waals surface area contributed by atoms with E-state index in [9.17, 15) is 4.79 Å². The molecule has 0 bridgehead atoms. The number of nitrogens with one attached hydrogen (secondary N) is 1. The van der Waals surface area contributed by atoms with Crippen molar-refractivity contribution in [2.75, 3.05) is 20.2 Å². The zero-order valence-electron chi connectivity index (χ0n) is 14.4. The van der Waals surface area contributed by atoms with Crippen molar-refractivity contribution in [2.24, 2.45) is 0 Å². The molecule has 0 spiro atoms. The van der Waals surface area contributed by atoms with Gasteiger partial charge in [0.1, 0.15) is 28.4 Å². The molecule has 0 unspecified atom stereocenters. The second kappa shape index (κ2) is 6.48. The predicted octanol–water partition coefficient (Wildman–Crippen LogP) is 3.09. The number of Topliss-reactive ketones (excluding diaryl/α,β-unsaturated/α-hetero) is 1. The third-order valence-corrected chi connectivity index (χ3v) is 3.78. The molecule has 0 saturated carbocycles. The van der Waals surface area contributed by atoms with E-state index >= 15 is 0 Å². The molecule has 6 nitrogen and oxygen atoms in total. The summed E-state index contributed by atoms with van der Waals surface area (Å²) in [5, 5.41) is 8.02. The first kappa shape index (κ1) is 17.1. The van der Waals surface area contributed by atoms with Crippen LogP contribution in [0.4, 0.5) is 0 Å². The van der Waals surface area contributed by atoms with Gasteiger partial charge >= 0.3 is 0 Å². The van der Waals surface area contributed by atoms with Gasteiger partial charge in [-0.15, -0.1) is 0 Å². The van der Waals surface area contributed by atoms with Crippen LogP contribution < -0.4 is 14.2 Å². The molecule has 126 valence electrons. The van der Waals surface area contributed by atoms with Crippen LogP contribution in [-0.2, 0) is 0 Å². The molecule has 0 aromatic heterocycles. The van der Waals surface area contributed by atoms with Crippen molar-refractivity contribution in [3.8, 4) is 17.2 Å². The van der Waals surface area contributed by atoms with Gasteiger partial charge in [0.2, 0.25) is 0 Å². The number of amidine groups is 1. The monoisotopic (exact) mass is 320 g/mol. The predicted molar refractivity (Wildman–Crippen MR) is 87.9 cm³/mol. The first-order chi connectivity index (χ1) is 10.8. The highest BCUT2D eigenvalue weighted by molar-refractivity contribution is 6.03. The quantitative estimate of drug-likeness (QED) is 0.682. The Morgan fingerprint density at radius 2 is 2.00 bits per heavy atom. The van der Waals surface area contributed by atoms with Gasteiger partial charge in [-0.05, 0) is 27.7 Å². The fraction of sp³-hybridized carbons (Fsp3) is 0.529. The van der Waals surface area contributed by atoms with Crippen LogP contribution in [0.15, 0.2) is 12.1 Å². The normalized spacial score (nSPS) is 15.4. The van der Waals surface area contributed by atoms with Crippen LogP contribution in [-0.4, -0.2) is 42.5 Å². The number of carbonyl (C=O) groups excluding carboxylic acids is 1. The maximum Gasteiger partial charge on any atom is 0.289 e. The summed E-state index contributed by atoms with van der Waals surface area (Å²) >= 11 is 0. The Kier molecular flexibility index (Phi) is 4.82. The number of rotatable bonds is 4. The molecule has 6 heteroatoms. The smallest absolute Gasteiger partial charge is 0.289 e. The van der Waals surface area contributed by atoms with Crippen molar-refractivity contribution >= 4 is 11.8 Å². The van der Waals surface area contributed by atoms with Crippen LogP contribution in [0.2, 0.25) is 0 Å². The maximum atomic E-state index is 12.4. The molecule has 1 aromatic rings. The van der Waals surface area contributed by atoms with E-state index in [1.165, 1.54) is 7.11 Å². The van der Waals surface area contributed by atoms with Gasteiger partial charge in [-0.25, -0.2) is 0 Å². The lowest BCUT2D eigenvalue weighted by Gasteiger charge is -2.32. The summed E-state index contributed by atoms with van der Waals surface area (Å²) in [7, 11) is 1.50. The van der Waals surface area contributed by atoms with Crippen LogP contribution >= 0.6 is 0 Å². The van der Waals surface area contributed by atoms with Crippen molar-refractivity contribution in [2.45, 2.75) is 39.7 Å². The van der Waals surface area contributed by atoms with E-state index in [2.05, 4.69) is 0 Å². The number of nitrogens with zero attached hydrogens (tertiary/aromatic N) is 1. The molecule has 0 atom stereocenters. The van der Waals surface area contributed by atoms with Gasteiger partial charge in [0.05, 0.1) is 13.5 Å². The van der Waals surface area contributed by atoms with Gasteiger partial charge < -0.3 is 19.1 Å². The third kappa shape index (κ3) is 3.57. The molecule has 1 aliphatic rings. The Bertz CT molecular complexity index is 621. The average molecular weight is 320 g/mol. The molecule has 0 saturated heterocycles. The van der Waals surface area contributed by atoms with Crippen LogP contribution in [0, 0.1) is 5.41 Å². The number of ether oxygens (including phenoxy) is 3. The molecule has 1 heterocycles. The van der Waals surface area contributed by atoms with Crippen LogP contribution in [0.5, 0.6) is 17.2 Å². The Morgan fingerprint density at radius 3 is 2.57 bits per heavy atom. The van der Waals surface area contributed by atoms with Crippen molar-refractivity contribution in [3.05, 3.63) is 17.7 Å². The number of benzene rings is 1. The van der Waals surface area contributed by atoms with Gasteiger partial charge in [0.15, 0.2) is 5.78 Å². The van der Waals surface area contributed by atoms with Crippen molar-refractivity contribution in [1.82, 2.24) is 4.90 Å². The molecule has 1 N–H and O–H groups in total. The summed E-state index contributed by atoms with van der Waals surface area (Å²) in [6.45, 7) is 9.01. The summed E-state index contributed by atoms with van der Waals surface area (Å²) < 4.78 is 16.8. The van der Waals surface area contributed by atoms with Crippen LogP contribution in [0.3, 0.4) is 0 Å². The summed E-state index contributed by atoms with van der Waals surface area (Å²) in [6.07, 6.45) is 0.297. The van der Waals surface area contributed by atoms with Gasteiger partial charge in [-0.1, -0.05) is 0 Å². The summed E-state index contributed by atoms with van der Waals surface area (Å²) in [4.78, 5) is 14.1. The largest absolute Gasteiger partial charge is 0.496 e. The lowest BCUT2D eigenvalue weighted by molar-refractivity contribution is 0.0613. The Hall–Kier alpha value is -2.24. The minimum Gasteiger partial charge on any atom is -0.496 e. The minimum absolute atomic E-state index is 0.0153. The molecular formula is C17H24N2O4. The second-order valence-corrected chi connectivity index (χ2v) is 6.04. The summed E-state index contributed by atoms with van der Waals surface area (Å²) in [5.41, 5.74) is -0.131. The molecule has 0 radical (unpaired) electrons. The van der Waals surface area contributed by atoms with E-state index in [1.54, 1.807) is 17.0 Å². The van der Waals surface area contributed by atoms with E-state index < -0.39 is 5.60 Å². The topological polar surface area (TPSA) is 71.9 Å². The third-order valence-electron chi connectivity index (χ3n) is 3.78. The second-order valence-electron chi connectivity index (χ2n) is 6.04. The van der Waals surface area contributed by atoms with Crippen molar-refractivity contribution in [1.29, 1.82) is 5.41 Å². The fourth-order valence-electron chi connectivity index (χ4n) is 2.64. The highest BCUT2D eigenvalue weighted by Gasteiger charge is 2.35. The van der Waals surface area contributed by atoms with E-state index in [-0.39, 0.29) is 11.8 Å². The number of hydrogen-bond acceptors (Lipinski definition) is 5. The molecule has 23 heavy (non-hydrogen) atoms. The minimum atomic E-state index is -0.569. The van der Waals surface area contributed by atoms with Crippen molar-refractivity contribution < 1.29 is 19.0 Å². The van der Waals surface area contributed by atoms with Gasteiger partial charge in [-0.3, -0.25) is 10.2 Å². The number of carbonyl (C=O) groups is 1. The first-order valence-corrected chi connectivity index (χ1v) is 7.77. The average Bonchev–Trinajstić information content (AvgIpc) is 2.45. The number of fused-ring (bicyclic) bond motifs is 1. The Morgan fingerprint density at radius 1 is 1.35 bits per heavy atom. The Balaban J connectivity index is 2.37. The number of methoxy groups -OCH3 is 1. The summed E-state index contributed by atoms with van der Waals surface area (Å²) in [5.74, 6) is 1.25. The molecule has 2 rings (SSSR count). The highest BCUT2D eigenvalue weighted by atomic mass is 16.5. The SMILES string of the molecule is CCN(CC)C(=N)Oc1cc(OC)c2c(c1)OC(C)(C)CC2=O. The van der Waals surface area contributed by atoms with Gasteiger partial charge in [0.25, 0.3) is 6.02 Å². The van der Waals surface area contributed by atoms with E-state index in [1.807, 2.05) is 27.7 Å². The van der Waals surface area contributed by atoms with Crippen LogP contribution in [0.1, 0.15) is 44.5 Å². The zero-order valence-corrected chi connectivity index (χ0v) is 14.4. The molecule has 1 aliphatic heterocycles. The molecule has 0 fully saturated rings. The highest BCUT2D eigenvalue weighted by Crippen LogP contribution is 2.41. The standard InChI is InChI=1S/C17H24N2O4/c1-6-19(7-2)16(18)22-11-8-13(21-5)15-12(20)10-17(3,4)23-14(15)9-11/h8-9,18H,6-7,10H2,1-5H3. The molecule has 0 amide bonds. The Labute approximate surface area is 136 Å². The van der Waals surface area contributed by atoms with Gasteiger partial charge in [-0.2, -0.15) is 0 Å². The summed E-state index contributed by atoms with van der Waals surface area (Å²) in [6, 6.07) is 3.32. The fourth-order valence-corrected chi connectivity index (χ4v) is 2.64.